The highest BCUT2D eigenvalue weighted by Gasteiger charge is 2.38. The Labute approximate surface area is 150 Å². The summed E-state index contributed by atoms with van der Waals surface area (Å²) in [6.07, 6.45) is 8.17. The maximum atomic E-state index is 12.6. The summed E-state index contributed by atoms with van der Waals surface area (Å²) in [5.41, 5.74) is 7.32. The standard InChI is InChI=1S/C17H22N8O/c1-24-10-12(9-23-24)8-20-16(26)17(18)3-6-25(7-4-17)15-13-2-5-19-14(13)21-11-22-15/h2,5,9-11H,3-4,6-8,18H2,1H3,(H,20,26)(H,19,21,22). The Morgan fingerprint density at radius 3 is 2.92 bits per heavy atom. The first-order valence-electron chi connectivity index (χ1n) is 8.63. The van der Waals surface area contributed by atoms with E-state index in [2.05, 4.69) is 30.3 Å². The van der Waals surface area contributed by atoms with Gasteiger partial charge in [-0.05, 0) is 18.9 Å². The number of piperidine rings is 1. The molecule has 26 heavy (non-hydrogen) atoms. The summed E-state index contributed by atoms with van der Waals surface area (Å²) in [5, 5.41) is 8.02. The maximum Gasteiger partial charge on any atom is 0.240 e. The number of aromatic amines is 1. The van der Waals surface area contributed by atoms with E-state index in [9.17, 15) is 4.79 Å². The Hall–Kier alpha value is -2.94. The molecule has 1 amide bonds. The monoisotopic (exact) mass is 354 g/mol. The zero-order valence-corrected chi connectivity index (χ0v) is 14.6. The fraction of sp³-hybridized carbons (Fsp3) is 0.412. The minimum absolute atomic E-state index is 0.115. The fourth-order valence-corrected chi connectivity index (χ4v) is 3.38. The van der Waals surface area contributed by atoms with Gasteiger partial charge in [-0.3, -0.25) is 9.48 Å². The molecule has 1 saturated heterocycles. The summed E-state index contributed by atoms with van der Waals surface area (Å²) in [6, 6.07) is 1.97. The van der Waals surface area contributed by atoms with Gasteiger partial charge in [-0.2, -0.15) is 5.10 Å². The molecule has 1 aliphatic rings. The smallest absolute Gasteiger partial charge is 0.240 e. The molecule has 9 heteroatoms. The zero-order chi connectivity index (χ0) is 18.1. The number of aromatic nitrogens is 5. The Kier molecular flexibility index (Phi) is 4.08. The van der Waals surface area contributed by atoms with E-state index >= 15 is 0 Å². The van der Waals surface area contributed by atoms with Crippen molar-refractivity contribution in [3.63, 3.8) is 0 Å². The molecule has 0 aliphatic carbocycles. The van der Waals surface area contributed by atoms with Gasteiger partial charge in [-0.15, -0.1) is 0 Å². The quantitative estimate of drug-likeness (QED) is 0.620. The lowest BCUT2D eigenvalue weighted by molar-refractivity contribution is -0.127. The molecule has 4 rings (SSSR count). The van der Waals surface area contributed by atoms with Gasteiger partial charge < -0.3 is 20.9 Å². The van der Waals surface area contributed by atoms with Crippen LogP contribution in [0.15, 0.2) is 31.0 Å². The molecule has 1 fully saturated rings. The SMILES string of the molecule is Cn1cc(CNC(=O)C2(N)CCN(c3ncnc4[nH]ccc34)CC2)cn1. The van der Waals surface area contributed by atoms with Crippen LogP contribution in [0.3, 0.4) is 0 Å². The molecule has 0 unspecified atom stereocenters. The first-order chi connectivity index (χ1) is 12.5. The molecule has 136 valence electrons. The number of nitrogens with two attached hydrogens (primary N) is 1. The van der Waals surface area contributed by atoms with Gasteiger partial charge in [0.05, 0.1) is 17.1 Å². The predicted molar refractivity (Wildman–Crippen MR) is 97.3 cm³/mol. The third-order valence-electron chi connectivity index (χ3n) is 4.95. The number of carbonyl (C=O) groups excluding carboxylic acids is 1. The number of anilines is 1. The van der Waals surface area contributed by atoms with E-state index in [0.29, 0.717) is 32.5 Å². The molecule has 3 aromatic rings. The molecule has 0 radical (unpaired) electrons. The van der Waals surface area contributed by atoms with Crippen LogP contribution < -0.4 is 16.0 Å². The van der Waals surface area contributed by atoms with Gasteiger partial charge in [0.25, 0.3) is 0 Å². The van der Waals surface area contributed by atoms with Crippen molar-refractivity contribution < 1.29 is 4.79 Å². The van der Waals surface area contributed by atoms with Gasteiger partial charge in [0.1, 0.15) is 17.8 Å². The number of nitrogens with one attached hydrogen (secondary N) is 2. The highest BCUT2D eigenvalue weighted by atomic mass is 16.2. The van der Waals surface area contributed by atoms with Crippen LogP contribution in [0.1, 0.15) is 18.4 Å². The van der Waals surface area contributed by atoms with Gasteiger partial charge in [0.15, 0.2) is 0 Å². The second kappa shape index (κ2) is 6.41. The van der Waals surface area contributed by atoms with E-state index in [1.165, 1.54) is 0 Å². The molecule has 0 atom stereocenters. The van der Waals surface area contributed by atoms with Gasteiger partial charge in [0, 0.05) is 44.6 Å². The first kappa shape index (κ1) is 16.5. The Balaban J connectivity index is 1.40. The number of aryl methyl sites for hydroxylation is 1. The molecule has 1 aliphatic heterocycles. The highest BCUT2D eigenvalue weighted by molar-refractivity contribution is 5.88. The van der Waals surface area contributed by atoms with Crippen molar-refractivity contribution in [3.8, 4) is 0 Å². The van der Waals surface area contributed by atoms with E-state index in [0.717, 1.165) is 22.4 Å². The van der Waals surface area contributed by atoms with E-state index in [1.54, 1.807) is 17.2 Å². The molecule has 4 heterocycles. The van der Waals surface area contributed by atoms with Crippen molar-refractivity contribution in [2.45, 2.75) is 24.9 Å². The van der Waals surface area contributed by atoms with Crippen molar-refractivity contribution in [2.75, 3.05) is 18.0 Å². The van der Waals surface area contributed by atoms with E-state index in [-0.39, 0.29) is 5.91 Å². The molecular formula is C17H22N8O. The summed E-state index contributed by atoms with van der Waals surface area (Å²) >= 11 is 0. The van der Waals surface area contributed by atoms with Crippen LogP contribution in [0.4, 0.5) is 5.82 Å². The average molecular weight is 354 g/mol. The highest BCUT2D eigenvalue weighted by Crippen LogP contribution is 2.28. The number of nitrogens with zero attached hydrogens (tertiary/aromatic N) is 5. The lowest BCUT2D eigenvalue weighted by Crippen LogP contribution is -2.59. The van der Waals surface area contributed by atoms with E-state index < -0.39 is 5.54 Å². The molecule has 0 aromatic carbocycles. The molecule has 0 bridgehead atoms. The Morgan fingerprint density at radius 2 is 2.19 bits per heavy atom. The number of hydrogen-bond donors (Lipinski definition) is 3. The molecular weight excluding hydrogens is 332 g/mol. The van der Waals surface area contributed by atoms with Gasteiger partial charge in [-0.25, -0.2) is 9.97 Å². The van der Waals surface area contributed by atoms with Crippen LogP contribution in [0, 0.1) is 0 Å². The Morgan fingerprint density at radius 1 is 1.38 bits per heavy atom. The van der Waals surface area contributed by atoms with E-state index in [1.807, 2.05) is 25.5 Å². The summed E-state index contributed by atoms with van der Waals surface area (Å²) in [5.74, 6) is 0.768. The van der Waals surface area contributed by atoms with Crippen molar-refractivity contribution in [3.05, 3.63) is 36.5 Å². The number of H-pyrrole nitrogens is 1. The van der Waals surface area contributed by atoms with Gasteiger partial charge >= 0.3 is 0 Å². The number of rotatable bonds is 4. The summed E-state index contributed by atoms with van der Waals surface area (Å²) in [4.78, 5) is 26.5. The van der Waals surface area contributed by atoms with Gasteiger partial charge in [0.2, 0.25) is 5.91 Å². The topological polar surface area (TPSA) is 118 Å². The van der Waals surface area contributed by atoms with Crippen LogP contribution in [0.2, 0.25) is 0 Å². The Bertz CT molecular complexity index is 922. The molecule has 9 nitrogen and oxygen atoms in total. The summed E-state index contributed by atoms with van der Waals surface area (Å²) in [6.45, 7) is 1.79. The summed E-state index contributed by atoms with van der Waals surface area (Å²) in [7, 11) is 1.85. The van der Waals surface area contributed by atoms with Crippen LogP contribution in [-0.2, 0) is 18.4 Å². The average Bonchev–Trinajstić information content (AvgIpc) is 3.28. The third kappa shape index (κ3) is 3.01. The zero-order valence-electron chi connectivity index (χ0n) is 14.6. The van der Waals surface area contributed by atoms with Crippen LogP contribution in [-0.4, -0.2) is 49.3 Å². The van der Waals surface area contributed by atoms with Crippen LogP contribution >= 0.6 is 0 Å². The second-order valence-electron chi connectivity index (χ2n) is 6.79. The lowest BCUT2D eigenvalue weighted by Gasteiger charge is -2.38. The molecule has 0 saturated carbocycles. The largest absolute Gasteiger partial charge is 0.356 e. The minimum Gasteiger partial charge on any atom is -0.356 e. The molecule has 0 spiro atoms. The van der Waals surface area contributed by atoms with E-state index in [4.69, 9.17) is 5.73 Å². The fourth-order valence-electron chi connectivity index (χ4n) is 3.38. The number of amides is 1. The normalized spacial score (nSPS) is 16.8. The van der Waals surface area contributed by atoms with Crippen molar-refractivity contribution >= 4 is 22.8 Å². The minimum atomic E-state index is -0.858. The van der Waals surface area contributed by atoms with Gasteiger partial charge in [-0.1, -0.05) is 0 Å². The van der Waals surface area contributed by atoms with Crippen LogP contribution in [0.25, 0.3) is 11.0 Å². The molecule has 3 aromatic heterocycles. The maximum absolute atomic E-state index is 12.6. The number of carbonyl (C=O) groups is 1. The summed E-state index contributed by atoms with van der Waals surface area (Å²) < 4.78 is 1.71. The molecule has 4 N–H and O–H groups in total. The van der Waals surface area contributed by atoms with Crippen molar-refractivity contribution in [1.82, 2.24) is 30.0 Å². The number of fused-ring (bicyclic) bond motifs is 1. The van der Waals surface area contributed by atoms with Crippen molar-refractivity contribution in [2.24, 2.45) is 12.8 Å². The van der Waals surface area contributed by atoms with Crippen LogP contribution in [0.5, 0.6) is 0 Å². The number of hydrogen-bond acceptors (Lipinski definition) is 6. The lowest BCUT2D eigenvalue weighted by atomic mass is 9.87. The first-order valence-corrected chi connectivity index (χ1v) is 8.63. The third-order valence-corrected chi connectivity index (χ3v) is 4.95. The predicted octanol–water partition coefficient (Wildman–Crippen LogP) is 0.306. The van der Waals surface area contributed by atoms with Crippen molar-refractivity contribution in [1.29, 1.82) is 0 Å². The second-order valence-corrected chi connectivity index (χ2v) is 6.79.